The number of methoxy groups -OCH3 is 1. The van der Waals surface area contributed by atoms with E-state index in [1.165, 1.54) is 19.5 Å². The van der Waals surface area contributed by atoms with E-state index in [1.807, 2.05) is 0 Å². The van der Waals surface area contributed by atoms with Crippen LogP contribution in [0, 0.1) is 12.7 Å². The van der Waals surface area contributed by atoms with Gasteiger partial charge in [-0.1, -0.05) is 0 Å². The molecule has 0 aliphatic carbocycles. The standard InChI is InChI=1S/C10H9FN4O2/c1-6-12-4-8(11)9(14-6)15-5-7(3-13-15)10(16)17-2/h3-5H,1-2H3. The first-order valence-electron chi connectivity index (χ1n) is 4.74. The molecule has 0 atom stereocenters. The van der Waals surface area contributed by atoms with Crippen LogP contribution in [0.4, 0.5) is 4.39 Å². The molecule has 0 aliphatic heterocycles. The summed E-state index contributed by atoms with van der Waals surface area (Å²) in [5.41, 5.74) is 0.225. The van der Waals surface area contributed by atoms with Crippen LogP contribution in [-0.4, -0.2) is 32.8 Å². The van der Waals surface area contributed by atoms with Crippen molar-refractivity contribution >= 4 is 5.97 Å². The van der Waals surface area contributed by atoms with Crippen molar-refractivity contribution in [2.45, 2.75) is 6.92 Å². The minimum absolute atomic E-state index is 0.00680. The van der Waals surface area contributed by atoms with Gasteiger partial charge in [-0.05, 0) is 6.92 Å². The van der Waals surface area contributed by atoms with Gasteiger partial charge in [0.15, 0.2) is 11.6 Å². The lowest BCUT2D eigenvalue weighted by Gasteiger charge is -2.01. The van der Waals surface area contributed by atoms with Crippen molar-refractivity contribution < 1.29 is 13.9 Å². The van der Waals surface area contributed by atoms with Crippen LogP contribution in [0.25, 0.3) is 5.82 Å². The maximum Gasteiger partial charge on any atom is 0.341 e. The summed E-state index contributed by atoms with van der Waals surface area (Å²) in [5.74, 6) is -0.748. The normalized spacial score (nSPS) is 10.3. The van der Waals surface area contributed by atoms with E-state index in [9.17, 15) is 9.18 Å². The van der Waals surface area contributed by atoms with E-state index in [-0.39, 0.29) is 11.4 Å². The van der Waals surface area contributed by atoms with Gasteiger partial charge < -0.3 is 4.74 Å². The molecule has 6 nitrogen and oxygen atoms in total. The second-order valence-electron chi connectivity index (χ2n) is 3.25. The van der Waals surface area contributed by atoms with E-state index in [0.717, 1.165) is 10.9 Å². The molecule has 88 valence electrons. The summed E-state index contributed by atoms with van der Waals surface area (Å²) >= 11 is 0. The number of nitrogens with zero attached hydrogens (tertiary/aromatic N) is 4. The smallest absolute Gasteiger partial charge is 0.341 e. The van der Waals surface area contributed by atoms with Crippen molar-refractivity contribution in [2.75, 3.05) is 7.11 Å². The highest BCUT2D eigenvalue weighted by Crippen LogP contribution is 2.10. The number of hydrogen-bond acceptors (Lipinski definition) is 5. The maximum absolute atomic E-state index is 13.4. The lowest BCUT2D eigenvalue weighted by Crippen LogP contribution is -2.05. The Kier molecular flexibility index (Phi) is 2.82. The number of aromatic nitrogens is 4. The van der Waals surface area contributed by atoms with E-state index in [2.05, 4.69) is 19.8 Å². The number of rotatable bonds is 2. The molecule has 0 aromatic carbocycles. The molecular formula is C10H9FN4O2. The lowest BCUT2D eigenvalue weighted by molar-refractivity contribution is 0.0600. The number of carbonyl (C=O) groups is 1. The summed E-state index contributed by atoms with van der Waals surface area (Å²) < 4.78 is 19.1. The van der Waals surface area contributed by atoms with Crippen LogP contribution in [0.2, 0.25) is 0 Å². The molecule has 0 radical (unpaired) electrons. The third-order valence-corrected chi connectivity index (χ3v) is 2.07. The van der Waals surface area contributed by atoms with E-state index in [1.54, 1.807) is 6.92 Å². The largest absolute Gasteiger partial charge is 0.465 e. The van der Waals surface area contributed by atoms with E-state index in [0.29, 0.717) is 5.82 Å². The highest BCUT2D eigenvalue weighted by Gasteiger charge is 2.13. The monoisotopic (exact) mass is 236 g/mol. The molecule has 0 amide bonds. The van der Waals surface area contributed by atoms with Gasteiger partial charge in [0, 0.05) is 6.20 Å². The molecule has 0 aliphatic rings. The van der Waals surface area contributed by atoms with Crippen molar-refractivity contribution in [1.29, 1.82) is 0 Å². The molecule has 0 fully saturated rings. The molecule has 17 heavy (non-hydrogen) atoms. The summed E-state index contributed by atoms with van der Waals surface area (Å²) in [5, 5.41) is 3.84. The van der Waals surface area contributed by atoms with Crippen LogP contribution in [0.3, 0.4) is 0 Å². The minimum atomic E-state index is -0.616. The van der Waals surface area contributed by atoms with Crippen LogP contribution >= 0.6 is 0 Å². The Morgan fingerprint density at radius 1 is 1.47 bits per heavy atom. The molecule has 2 heterocycles. The highest BCUT2D eigenvalue weighted by atomic mass is 19.1. The second kappa shape index (κ2) is 4.28. The zero-order chi connectivity index (χ0) is 12.4. The highest BCUT2D eigenvalue weighted by molar-refractivity contribution is 5.88. The fourth-order valence-corrected chi connectivity index (χ4v) is 1.27. The first-order valence-corrected chi connectivity index (χ1v) is 4.74. The summed E-state index contributed by atoms with van der Waals surface area (Å²) in [4.78, 5) is 18.8. The molecule has 0 spiro atoms. The predicted molar refractivity (Wildman–Crippen MR) is 55.2 cm³/mol. The summed E-state index contributed by atoms with van der Waals surface area (Å²) in [6.07, 6.45) is 3.68. The summed E-state index contributed by atoms with van der Waals surface area (Å²) in [6, 6.07) is 0. The molecule has 7 heteroatoms. The molecule has 2 aromatic rings. The summed E-state index contributed by atoms with van der Waals surface area (Å²) in [7, 11) is 1.26. The van der Waals surface area contributed by atoms with E-state index < -0.39 is 11.8 Å². The average molecular weight is 236 g/mol. The molecule has 0 bridgehead atoms. The van der Waals surface area contributed by atoms with Crippen molar-refractivity contribution in [1.82, 2.24) is 19.7 Å². The summed E-state index contributed by atoms with van der Waals surface area (Å²) in [6.45, 7) is 1.63. The Labute approximate surface area is 96.1 Å². The van der Waals surface area contributed by atoms with Gasteiger partial charge in [0.1, 0.15) is 5.82 Å². The van der Waals surface area contributed by atoms with Crippen molar-refractivity contribution in [3.63, 3.8) is 0 Å². The zero-order valence-electron chi connectivity index (χ0n) is 9.22. The Hall–Kier alpha value is -2.31. The van der Waals surface area contributed by atoms with Gasteiger partial charge in [-0.2, -0.15) is 5.10 Å². The van der Waals surface area contributed by atoms with Gasteiger partial charge in [0.25, 0.3) is 0 Å². The molecule has 2 rings (SSSR count). The van der Waals surface area contributed by atoms with Gasteiger partial charge >= 0.3 is 5.97 Å². The minimum Gasteiger partial charge on any atom is -0.465 e. The topological polar surface area (TPSA) is 69.9 Å². The predicted octanol–water partition coefficient (Wildman–Crippen LogP) is 0.896. The molecular weight excluding hydrogens is 227 g/mol. The van der Waals surface area contributed by atoms with Gasteiger partial charge in [-0.15, -0.1) is 0 Å². The number of esters is 1. The van der Waals surface area contributed by atoms with Crippen molar-refractivity contribution in [2.24, 2.45) is 0 Å². The van der Waals surface area contributed by atoms with Crippen molar-refractivity contribution in [3.8, 4) is 5.82 Å². The Morgan fingerprint density at radius 3 is 2.94 bits per heavy atom. The zero-order valence-corrected chi connectivity index (χ0v) is 9.22. The Balaban J connectivity index is 2.43. The molecule has 0 saturated heterocycles. The Bertz CT molecular complexity index is 567. The van der Waals surface area contributed by atoms with Crippen LogP contribution in [0.15, 0.2) is 18.6 Å². The van der Waals surface area contributed by atoms with E-state index in [4.69, 9.17) is 0 Å². The van der Waals surface area contributed by atoms with Gasteiger partial charge in [0.2, 0.25) is 0 Å². The number of halogens is 1. The number of aryl methyl sites for hydroxylation is 1. The molecule has 2 aromatic heterocycles. The fourth-order valence-electron chi connectivity index (χ4n) is 1.27. The maximum atomic E-state index is 13.4. The van der Waals surface area contributed by atoms with Crippen molar-refractivity contribution in [3.05, 3.63) is 35.8 Å². The number of ether oxygens (including phenoxy) is 1. The second-order valence-corrected chi connectivity index (χ2v) is 3.25. The Morgan fingerprint density at radius 2 is 2.24 bits per heavy atom. The number of carbonyl (C=O) groups excluding carboxylic acids is 1. The molecule has 0 N–H and O–H groups in total. The van der Waals surface area contributed by atoms with Gasteiger partial charge in [-0.25, -0.2) is 23.8 Å². The van der Waals surface area contributed by atoms with Crippen LogP contribution in [0.5, 0.6) is 0 Å². The van der Waals surface area contributed by atoms with Gasteiger partial charge in [0.05, 0.1) is 25.1 Å². The quantitative estimate of drug-likeness (QED) is 0.724. The first kappa shape index (κ1) is 11.2. The van der Waals surface area contributed by atoms with Crippen LogP contribution < -0.4 is 0 Å². The van der Waals surface area contributed by atoms with Crippen LogP contribution in [-0.2, 0) is 4.74 Å². The molecule has 0 unspecified atom stereocenters. The molecule has 0 saturated carbocycles. The third-order valence-electron chi connectivity index (χ3n) is 2.07. The number of hydrogen-bond donors (Lipinski definition) is 0. The lowest BCUT2D eigenvalue weighted by atomic mass is 10.4. The third kappa shape index (κ3) is 2.12. The van der Waals surface area contributed by atoms with Crippen LogP contribution in [0.1, 0.15) is 16.2 Å². The SMILES string of the molecule is COC(=O)c1cnn(-c2nc(C)ncc2F)c1. The average Bonchev–Trinajstić information content (AvgIpc) is 2.80. The van der Waals surface area contributed by atoms with Gasteiger partial charge in [-0.3, -0.25) is 0 Å². The first-order chi connectivity index (χ1) is 8.11. The van der Waals surface area contributed by atoms with E-state index >= 15 is 0 Å². The fraction of sp³-hybridized carbons (Fsp3) is 0.200.